The Morgan fingerprint density at radius 2 is 2.20 bits per heavy atom. The lowest BCUT2D eigenvalue weighted by molar-refractivity contribution is 0.0514. The van der Waals surface area contributed by atoms with Crippen molar-refractivity contribution in [2.75, 3.05) is 20.3 Å². The molecule has 0 aliphatic rings. The van der Waals surface area contributed by atoms with Crippen molar-refractivity contribution in [1.29, 1.82) is 0 Å². The number of nitrogens with zero attached hydrogens (tertiary/aromatic N) is 1. The molecule has 0 spiro atoms. The van der Waals surface area contributed by atoms with E-state index in [4.69, 9.17) is 9.47 Å². The monoisotopic (exact) mass is 207 g/mol. The summed E-state index contributed by atoms with van der Waals surface area (Å²) in [6, 6.07) is 6.91. The number of hydrogen-bond acceptors (Lipinski definition) is 4. The van der Waals surface area contributed by atoms with Crippen LogP contribution in [0.3, 0.4) is 0 Å². The van der Waals surface area contributed by atoms with Crippen LogP contribution in [-0.4, -0.2) is 32.9 Å². The van der Waals surface area contributed by atoms with E-state index in [0.717, 1.165) is 0 Å². The van der Waals surface area contributed by atoms with Crippen LogP contribution in [-0.2, 0) is 4.74 Å². The average Bonchev–Trinajstić information content (AvgIpc) is 2.29. The molecule has 0 aliphatic heterocycles. The Hall–Kier alpha value is -1.84. The van der Waals surface area contributed by atoms with E-state index in [2.05, 4.69) is 11.7 Å². The molecule has 0 atom stereocenters. The Balaban J connectivity index is 2.68. The van der Waals surface area contributed by atoms with Gasteiger partial charge in [-0.2, -0.15) is 0 Å². The average molecular weight is 207 g/mol. The number of methoxy groups -OCH3 is 1. The molecule has 0 heterocycles. The highest BCUT2D eigenvalue weighted by Crippen LogP contribution is 2.17. The molecule has 1 aromatic carbocycles. The maximum Gasteiger partial charge on any atom is 0.341 e. The number of ether oxygens (including phenoxy) is 2. The number of aliphatic imine (C=N–C) groups is 1. The van der Waals surface area contributed by atoms with Crippen LogP contribution in [0.25, 0.3) is 0 Å². The van der Waals surface area contributed by atoms with Crippen LogP contribution in [0.15, 0.2) is 29.3 Å². The number of para-hydroxylation sites is 1. The van der Waals surface area contributed by atoms with Gasteiger partial charge in [-0.05, 0) is 18.9 Å². The van der Waals surface area contributed by atoms with Gasteiger partial charge in [-0.25, -0.2) is 4.79 Å². The number of carbonyl (C=O) groups excluding carboxylic acids is 1. The third-order valence-corrected chi connectivity index (χ3v) is 1.81. The first-order valence-corrected chi connectivity index (χ1v) is 4.52. The first-order valence-electron chi connectivity index (χ1n) is 4.52. The highest BCUT2D eigenvalue weighted by Gasteiger charge is 2.11. The van der Waals surface area contributed by atoms with Gasteiger partial charge < -0.3 is 9.47 Å². The Bertz CT molecular complexity index is 349. The molecule has 0 N–H and O–H groups in total. The van der Waals surface area contributed by atoms with Crippen molar-refractivity contribution in [3.63, 3.8) is 0 Å². The zero-order valence-electron chi connectivity index (χ0n) is 8.60. The Morgan fingerprint density at radius 1 is 1.47 bits per heavy atom. The highest BCUT2D eigenvalue weighted by atomic mass is 16.5. The van der Waals surface area contributed by atoms with E-state index < -0.39 is 5.97 Å². The predicted molar refractivity (Wildman–Crippen MR) is 57.7 cm³/mol. The van der Waals surface area contributed by atoms with Crippen LogP contribution in [0.4, 0.5) is 0 Å². The molecule has 0 bridgehead atoms. The van der Waals surface area contributed by atoms with Gasteiger partial charge in [0.25, 0.3) is 0 Å². The molecule has 0 unspecified atom stereocenters. The van der Waals surface area contributed by atoms with Crippen LogP contribution < -0.4 is 4.74 Å². The molecular formula is C11H13NO3. The molecule has 0 radical (unpaired) electrons. The van der Waals surface area contributed by atoms with Crippen molar-refractivity contribution >= 4 is 12.7 Å². The van der Waals surface area contributed by atoms with Crippen LogP contribution in [0.1, 0.15) is 10.4 Å². The fraction of sp³-hybridized carbons (Fsp3) is 0.273. The van der Waals surface area contributed by atoms with Gasteiger partial charge in [-0.1, -0.05) is 12.1 Å². The Morgan fingerprint density at radius 3 is 2.87 bits per heavy atom. The summed E-state index contributed by atoms with van der Waals surface area (Å²) in [5.74, 6) is 0.102. The number of rotatable bonds is 5. The standard InChI is InChI=1S/C11H13NO3/c1-12-7-8-15-11(13)9-5-3-4-6-10(9)14-2/h3-6H,1,7-8H2,2H3. The van der Waals surface area contributed by atoms with Crippen molar-refractivity contribution in [2.45, 2.75) is 0 Å². The second kappa shape index (κ2) is 5.80. The first-order chi connectivity index (χ1) is 7.29. The maximum atomic E-state index is 11.5. The molecule has 80 valence electrons. The minimum atomic E-state index is -0.406. The molecule has 0 saturated carbocycles. The summed E-state index contributed by atoms with van der Waals surface area (Å²) in [4.78, 5) is 15.1. The zero-order chi connectivity index (χ0) is 11.1. The van der Waals surface area contributed by atoms with E-state index >= 15 is 0 Å². The molecule has 4 heteroatoms. The van der Waals surface area contributed by atoms with Gasteiger partial charge in [0.05, 0.1) is 13.7 Å². The van der Waals surface area contributed by atoms with Gasteiger partial charge >= 0.3 is 5.97 Å². The van der Waals surface area contributed by atoms with E-state index in [-0.39, 0.29) is 6.61 Å². The van der Waals surface area contributed by atoms with E-state index in [1.54, 1.807) is 24.3 Å². The summed E-state index contributed by atoms with van der Waals surface area (Å²) >= 11 is 0. The Labute approximate surface area is 88.5 Å². The van der Waals surface area contributed by atoms with Crippen LogP contribution in [0.2, 0.25) is 0 Å². The minimum Gasteiger partial charge on any atom is -0.496 e. The molecule has 0 saturated heterocycles. The summed E-state index contributed by atoms with van der Waals surface area (Å²) in [5.41, 5.74) is 0.420. The van der Waals surface area contributed by atoms with Crippen molar-refractivity contribution in [3.05, 3.63) is 29.8 Å². The topological polar surface area (TPSA) is 47.9 Å². The molecule has 1 rings (SSSR count). The number of esters is 1. The van der Waals surface area contributed by atoms with E-state index in [1.165, 1.54) is 7.11 Å². The van der Waals surface area contributed by atoms with Crippen LogP contribution in [0, 0.1) is 0 Å². The van der Waals surface area contributed by atoms with Crippen molar-refractivity contribution in [2.24, 2.45) is 4.99 Å². The maximum absolute atomic E-state index is 11.5. The van der Waals surface area contributed by atoms with Crippen molar-refractivity contribution in [1.82, 2.24) is 0 Å². The summed E-state index contributed by atoms with van der Waals surface area (Å²) in [6.45, 7) is 3.94. The van der Waals surface area contributed by atoms with Crippen molar-refractivity contribution < 1.29 is 14.3 Å². The van der Waals surface area contributed by atoms with Crippen molar-refractivity contribution in [3.8, 4) is 5.75 Å². The summed E-state index contributed by atoms with van der Waals surface area (Å²) in [5, 5.41) is 0. The predicted octanol–water partition coefficient (Wildman–Crippen LogP) is 1.55. The van der Waals surface area contributed by atoms with Crippen LogP contribution in [0.5, 0.6) is 5.75 Å². The second-order valence-electron chi connectivity index (χ2n) is 2.78. The number of benzene rings is 1. The zero-order valence-corrected chi connectivity index (χ0v) is 8.60. The van der Waals surface area contributed by atoms with E-state index in [0.29, 0.717) is 17.9 Å². The molecule has 0 amide bonds. The molecule has 4 nitrogen and oxygen atoms in total. The van der Waals surface area contributed by atoms with Gasteiger partial charge in [0, 0.05) is 0 Å². The molecule has 0 fully saturated rings. The molecular weight excluding hydrogens is 194 g/mol. The second-order valence-corrected chi connectivity index (χ2v) is 2.78. The number of hydrogen-bond donors (Lipinski definition) is 0. The normalized spacial score (nSPS) is 9.40. The molecule has 15 heavy (non-hydrogen) atoms. The SMILES string of the molecule is C=NCCOC(=O)c1ccccc1OC. The van der Waals surface area contributed by atoms with E-state index in [1.807, 2.05) is 0 Å². The fourth-order valence-electron chi connectivity index (χ4n) is 1.09. The van der Waals surface area contributed by atoms with Gasteiger partial charge in [0.1, 0.15) is 17.9 Å². The van der Waals surface area contributed by atoms with Gasteiger partial charge in [-0.15, -0.1) is 0 Å². The fourth-order valence-corrected chi connectivity index (χ4v) is 1.09. The van der Waals surface area contributed by atoms with E-state index in [9.17, 15) is 4.79 Å². The smallest absolute Gasteiger partial charge is 0.341 e. The minimum absolute atomic E-state index is 0.236. The molecule has 0 aliphatic carbocycles. The quantitative estimate of drug-likeness (QED) is 0.418. The molecule has 0 aromatic heterocycles. The largest absolute Gasteiger partial charge is 0.496 e. The summed E-state index contributed by atoms with van der Waals surface area (Å²) in [7, 11) is 1.51. The van der Waals surface area contributed by atoms with Crippen LogP contribution >= 0.6 is 0 Å². The first kappa shape index (κ1) is 11.2. The third kappa shape index (κ3) is 3.09. The number of carbonyl (C=O) groups is 1. The molecule has 1 aromatic rings. The highest BCUT2D eigenvalue weighted by molar-refractivity contribution is 5.92. The lowest BCUT2D eigenvalue weighted by atomic mass is 10.2. The lowest BCUT2D eigenvalue weighted by Gasteiger charge is -2.07. The van der Waals surface area contributed by atoms with Gasteiger partial charge in [0.2, 0.25) is 0 Å². The lowest BCUT2D eigenvalue weighted by Crippen LogP contribution is -2.09. The summed E-state index contributed by atoms with van der Waals surface area (Å²) in [6.07, 6.45) is 0. The Kier molecular flexibility index (Phi) is 4.34. The van der Waals surface area contributed by atoms with Gasteiger partial charge in [-0.3, -0.25) is 4.99 Å². The summed E-state index contributed by atoms with van der Waals surface area (Å²) < 4.78 is 9.99. The third-order valence-electron chi connectivity index (χ3n) is 1.81. The van der Waals surface area contributed by atoms with Gasteiger partial charge in [0.15, 0.2) is 0 Å².